The summed E-state index contributed by atoms with van der Waals surface area (Å²) in [7, 11) is -4.36. The molecule has 0 aromatic rings. The molecule has 44 heavy (non-hydrogen) atoms. The molecule has 10 heteroatoms. The summed E-state index contributed by atoms with van der Waals surface area (Å²) in [5.41, 5.74) is 5.30. The zero-order valence-electron chi connectivity index (χ0n) is 27.9. The number of phosphoric ester groups is 1. The molecule has 0 aliphatic heterocycles. The molecule has 2 unspecified atom stereocenters. The summed E-state index contributed by atoms with van der Waals surface area (Å²) < 4.78 is 32.4. The zero-order valence-corrected chi connectivity index (χ0v) is 28.8. The largest absolute Gasteiger partial charge is 0.472 e. The quantitative estimate of drug-likeness (QED) is 0.0318. The lowest BCUT2D eigenvalue weighted by Gasteiger charge is -2.19. The molecule has 0 amide bonds. The van der Waals surface area contributed by atoms with Gasteiger partial charge in [-0.2, -0.15) is 0 Å². The number of carbonyl (C=O) groups is 2. The summed E-state index contributed by atoms with van der Waals surface area (Å²) >= 11 is 0. The van der Waals surface area contributed by atoms with Crippen LogP contribution in [0.3, 0.4) is 0 Å². The van der Waals surface area contributed by atoms with E-state index in [2.05, 4.69) is 38.2 Å². The van der Waals surface area contributed by atoms with Crippen molar-refractivity contribution in [3.63, 3.8) is 0 Å². The minimum Gasteiger partial charge on any atom is -0.462 e. The van der Waals surface area contributed by atoms with Crippen molar-refractivity contribution in [1.82, 2.24) is 0 Å². The molecule has 0 aliphatic rings. The predicted octanol–water partition coefficient (Wildman–Crippen LogP) is 8.88. The Bertz CT molecular complexity index is 789. The number of rotatable bonds is 32. The van der Waals surface area contributed by atoms with Crippen molar-refractivity contribution in [3.8, 4) is 0 Å². The highest BCUT2D eigenvalue weighted by Gasteiger charge is 2.25. The van der Waals surface area contributed by atoms with Crippen LogP contribution in [0.5, 0.6) is 0 Å². The molecule has 0 spiro atoms. The van der Waals surface area contributed by atoms with Crippen molar-refractivity contribution in [3.05, 3.63) is 24.3 Å². The smallest absolute Gasteiger partial charge is 0.462 e. The van der Waals surface area contributed by atoms with Gasteiger partial charge in [0.05, 0.1) is 13.2 Å². The summed E-state index contributed by atoms with van der Waals surface area (Å²) in [6.45, 7) is 3.60. The van der Waals surface area contributed by atoms with Crippen molar-refractivity contribution in [2.45, 2.75) is 155 Å². The Balaban J connectivity index is 4.19. The molecule has 0 rings (SSSR count). The Morgan fingerprint density at radius 1 is 0.682 bits per heavy atom. The average Bonchev–Trinajstić information content (AvgIpc) is 3.00. The first-order valence-corrected chi connectivity index (χ1v) is 18.8. The first-order chi connectivity index (χ1) is 21.3. The monoisotopic (exact) mass is 645 g/mol. The third-order valence-corrected chi connectivity index (χ3v) is 8.07. The molecule has 9 nitrogen and oxygen atoms in total. The van der Waals surface area contributed by atoms with Crippen molar-refractivity contribution >= 4 is 19.8 Å². The SMILES string of the molecule is CCCCC/C=C\C/C=C\CCCCCCCCCC(=O)OC(COC(=O)CCCCCCCC)COP(=O)(O)OCCN. The van der Waals surface area contributed by atoms with Crippen molar-refractivity contribution in [2.75, 3.05) is 26.4 Å². The molecule has 2 atom stereocenters. The van der Waals surface area contributed by atoms with Crippen LogP contribution in [0.15, 0.2) is 24.3 Å². The van der Waals surface area contributed by atoms with Gasteiger partial charge in [0.2, 0.25) is 0 Å². The van der Waals surface area contributed by atoms with Gasteiger partial charge in [-0.05, 0) is 44.9 Å². The van der Waals surface area contributed by atoms with E-state index in [0.717, 1.165) is 57.8 Å². The van der Waals surface area contributed by atoms with Crippen LogP contribution in [0.25, 0.3) is 0 Å². The van der Waals surface area contributed by atoms with E-state index in [1.54, 1.807) is 0 Å². The van der Waals surface area contributed by atoms with E-state index in [9.17, 15) is 19.0 Å². The van der Waals surface area contributed by atoms with E-state index in [0.29, 0.717) is 6.42 Å². The van der Waals surface area contributed by atoms with Gasteiger partial charge in [0.1, 0.15) is 6.61 Å². The standard InChI is InChI=1S/C34H64NO8P/c1-3-5-7-9-11-12-13-14-15-16-17-18-19-20-21-23-25-27-34(37)43-32(31-42-44(38,39)41-29-28-35)30-40-33(36)26-24-22-10-8-6-4-2/h11-12,14-15,32H,3-10,13,16-31,35H2,1-2H3,(H,38,39)/b12-11-,15-14-. The molecule has 0 aromatic heterocycles. The number of nitrogens with two attached hydrogens (primary N) is 1. The summed E-state index contributed by atoms with van der Waals surface area (Å²) in [5, 5.41) is 0. The number of unbranched alkanes of at least 4 members (excludes halogenated alkanes) is 15. The highest BCUT2D eigenvalue weighted by molar-refractivity contribution is 7.47. The second kappa shape index (κ2) is 31.5. The van der Waals surface area contributed by atoms with Crippen LogP contribution >= 0.6 is 7.82 Å². The van der Waals surface area contributed by atoms with Crippen LogP contribution in [0.1, 0.15) is 149 Å². The minimum atomic E-state index is -4.36. The molecule has 0 saturated heterocycles. The molecular weight excluding hydrogens is 581 g/mol. The second-order valence-corrected chi connectivity index (χ2v) is 12.8. The highest BCUT2D eigenvalue weighted by atomic mass is 31.2. The molecule has 0 aromatic carbocycles. The van der Waals surface area contributed by atoms with Crippen LogP contribution in [0, 0.1) is 0 Å². The third-order valence-electron chi connectivity index (χ3n) is 7.09. The van der Waals surface area contributed by atoms with E-state index in [4.69, 9.17) is 24.3 Å². The fourth-order valence-corrected chi connectivity index (χ4v) is 5.25. The minimum absolute atomic E-state index is 0.0527. The van der Waals surface area contributed by atoms with Crippen LogP contribution in [0.4, 0.5) is 0 Å². The van der Waals surface area contributed by atoms with Crippen molar-refractivity contribution in [1.29, 1.82) is 0 Å². The van der Waals surface area contributed by atoms with Crippen LogP contribution < -0.4 is 5.73 Å². The Labute approximate surface area is 268 Å². The number of hydrogen-bond donors (Lipinski definition) is 2. The Morgan fingerprint density at radius 3 is 1.77 bits per heavy atom. The van der Waals surface area contributed by atoms with Gasteiger partial charge < -0.3 is 20.1 Å². The van der Waals surface area contributed by atoms with E-state index in [1.165, 1.54) is 57.8 Å². The van der Waals surface area contributed by atoms with Gasteiger partial charge in [-0.1, -0.05) is 115 Å². The fraction of sp³-hybridized carbons (Fsp3) is 0.824. The first-order valence-electron chi connectivity index (χ1n) is 17.3. The second-order valence-electron chi connectivity index (χ2n) is 11.4. The van der Waals surface area contributed by atoms with Crippen molar-refractivity contribution in [2.24, 2.45) is 5.73 Å². The lowest BCUT2D eigenvalue weighted by atomic mass is 10.1. The van der Waals surface area contributed by atoms with E-state index in [1.807, 2.05) is 0 Å². The number of phosphoric acid groups is 1. The maximum atomic E-state index is 12.4. The number of esters is 2. The molecule has 0 saturated carbocycles. The summed E-state index contributed by atoms with van der Waals surface area (Å²) in [6, 6.07) is 0. The molecule has 258 valence electrons. The number of ether oxygens (including phenoxy) is 2. The Morgan fingerprint density at radius 2 is 1.18 bits per heavy atom. The van der Waals surface area contributed by atoms with Gasteiger partial charge >= 0.3 is 19.8 Å². The Hall–Kier alpha value is -1.51. The molecule has 0 bridgehead atoms. The van der Waals surface area contributed by atoms with Gasteiger partial charge in [0.15, 0.2) is 6.10 Å². The van der Waals surface area contributed by atoms with Crippen molar-refractivity contribution < 1.29 is 37.6 Å². The summed E-state index contributed by atoms with van der Waals surface area (Å²) in [5.74, 6) is -0.849. The van der Waals surface area contributed by atoms with E-state index < -0.39 is 32.5 Å². The lowest BCUT2D eigenvalue weighted by molar-refractivity contribution is -0.161. The van der Waals surface area contributed by atoms with Crippen LogP contribution in [0.2, 0.25) is 0 Å². The predicted molar refractivity (Wildman–Crippen MR) is 178 cm³/mol. The molecule has 0 fully saturated rings. The van der Waals surface area contributed by atoms with Gasteiger partial charge in [-0.15, -0.1) is 0 Å². The molecule has 0 aliphatic carbocycles. The summed E-state index contributed by atoms with van der Waals surface area (Å²) in [4.78, 5) is 34.4. The highest BCUT2D eigenvalue weighted by Crippen LogP contribution is 2.43. The summed E-state index contributed by atoms with van der Waals surface area (Å²) in [6.07, 6.45) is 29.5. The fourth-order valence-electron chi connectivity index (χ4n) is 4.49. The van der Waals surface area contributed by atoms with Gasteiger partial charge in [0, 0.05) is 19.4 Å². The lowest BCUT2D eigenvalue weighted by Crippen LogP contribution is -2.29. The van der Waals surface area contributed by atoms with E-state index >= 15 is 0 Å². The maximum Gasteiger partial charge on any atom is 0.472 e. The third kappa shape index (κ3) is 30.5. The van der Waals surface area contributed by atoms with Crippen LogP contribution in [-0.4, -0.2) is 49.3 Å². The normalized spacial score (nSPS) is 13.8. The average molecular weight is 646 g/mol. The van der Waals surface area contributed by atoms with Gasteiger partial charge in [-0.25, -0.2) is 4.57 Å². The van der Waals surface area contributed by atoms with Gasteiger partial charge in [0.25, 0.3) is 0 Å². The Kier molecular flexibility index (Phi) is 30.4. The van der Waals surface area contributed by atoms with E-state index in [-0.39, 0.29) is 32.6 Å². The number of hydrogen-bond acceptors (Lipinski definition) is 8. The zero-order chi connectivity index (χ0) is 32.6. The number of carbonyl (C=O) groups excluding carboxylic acids is 2. The van der Waals surface area contributed by atoms with Gasteiger partial charge in [-0.3, -0.25) is 18.6 Å². The molecule has 3 N–H and O–H groups in total. The molecular formula is C34H64NO8P. The number of allylic oxidation sites excluding steroid dienone is 4. The molecule has 0 radical (unpaired) electrons. The first kappa shape index (κ1) is 42.5. The maximum absolute atomic E-state index is 12.4. The molecule has 0 heterocycles. The topological polar surface area (TPSA) is 134 Å². The van der Waals surface area contributed by atoms with Crippen LogP contribution in [-0.2, 0) is 32.7 Å².